The summed E-state index contributed by atoms with van der Waals surface area (Å²) >= 11 is 7.40. The second-order valence-corrected chi connectivity index (χ2v) is 7.99. The highest BCUT2D eigenvalue weighted by Crippen LogP contribution is 2.23. The molecule has 122 valence electrons. The van der Waals surface area contributed by atoms with Gasteiger partial charge in [-0.05, 0) is 36.9 Å². The molecule has 2 aromatic carbocycles. The molecule has 23 heavy (non-hydrogen) atoms. The summed E-state index contributed by atoms with van der Waals surface area (Å²) in [4.78, 5) is 0.165. The van der Waals surface area contributed by atoms with Gasteiger partial charge in [0.1, 0.15) is 0 Å². The van der Waals surface area contributed by atoms with Gasteiger partial charge in [0.05, 0.1) is 15.6 Å². The van der Waals surface area contributed by atoms with E-state index in [9.17, 15) is 8.42 Å². The molecule has 0 aliphatic rings. The van der Waals surface area contributed by atoms with E-state index in [4.69, 9.17) is 11.6 Å². The van der Waals surface area contributed by atoms with Gasteiger partial charge in [-0.1, -0.05) is 60.1 Å². The Labute approximate surface area is 146 Å². The second kappa shape index (κ2) is 7.86. The van der Waals surface area contributed by atoms with Crippen LogP contribution in [0, 0.1) is 6.92 Å². The first-order valence-corrected chi connectivity index (χ1v) is 9.78. The molecule has 2 rings (SSSR count). The maximum absolute atomic E-state index is 12.4. The van der Waals surface area contributed by atoms with Gasteiger partial charge >= 0.3 is 0 Å². The van der Waals surface area contributed by atoms with Crippen LogP contribution in [0.1, 0.15) is 12.5 Å². The zero-order valence-corrected chi connectivity index (χ0v) is 15.2. The van der Waals surface area contributed by atoms with E-state index in [1.54, 1.807) is 42.5 Å². The van der Waals surface area contributed by atoms with Crippen molar-refractivity contribution in [2.75, 3.05) is 11.1 Å². The zero-order valence-electron chi connectivity index (χ0n) is 12.8. The molecular formula is C16H17ClN2O2S2. The van der Waals surface area contributed by atoms with Crippen molar-refractivity contribution in [3.05, 3.63) is 59.1 Å². The molecule has 4 nitrogen and oxygen atoms in total. The third kappa shape index (κ3) is 4.99. The number of aryl methyl sites for hydroxylation is 1. The Morgan fingerprint density at radius 2 is 1.83 bits per heavy atom. The van der Waals surface area contributed by atoms with Crippen molar-refractivity contribution in [3.63, 3.8) is 0 Å². The van der Waals surface area contributed by atoms with Gasteiger partial charge in [0.25, 0.3) is 10.0 Å². The predicted molar refractivity (Wildman–Crippen MR) is 99.0 cm³/mol. The second-order valence-electron chi connectivity index (χ2n) is 4.72. The molecule has 0 saturated carbocycles. The molecule has 0 amide bonds. The number of nitrogens with one attached hydrogen (secondary N) is 1. The number of anilines is 1. The van der Waals surface area contributed by atoms with Crippen LogP contribution in [0.2, 0.25) is 5.02 Å². The number of nitrogens with zero attached hydrogens (tertiary/aromatic N) is 1. The molecule has 0 spiro atoms. The third-order valence-corrected chi connectivity index (χ3v) is 5.41. The number of halogens is 1. The predicted octanol–water partition coefficient (Wildman–Crippen LogP) is 4.56. The Morgan fingerprint density at radius 3 is 2.43 bits per heavy atom. The van der Waals surface area contributed by atoms with Crippen molar-refractivity contribution < 1.29 is 8.42 Å². The first-order chi connectivity index (χ1) is 10.9. The van der Waals surface area contributed by atoms with Crippen LogP contribution < -0.4 is 5.32 Å². The fraction of sp³-hybridized carbons (Fsp3) is 0.188. The summed E-state index contributed by atoms with van der Waals surface area (Å²) in [7, 11) is -3.77. The van der Waals surface area contributed by atoms with E-state index in [2.05, 4.69) is 9.71 Å². The van der Waals surface area contributed by atoms with Crippen LogP contribution in [0.3, 0.4) is 0 Å². The fourth-order valence-electron chi connectivity index (χ4n) is 1.77. The highest BCUT2D eigenvalue weighted by atomic mass is 35.5. The maximum Gasteiger partial charge on any atom is 0.284 e. The number of benzene rings is 2. The van der Waals surface area contributed by atoms with Gasteiger partial charge in [0.15, 0.2) is 5.17 Å². The van der Waals surface area contributed by atoms with Crippen LogP contribution >= 0.6 is 23.4 Å². The number of hydrogen-bond donors (Lipinski definition) is 1. The molecule has 0 atom stereocenters. The highest BCUT2D eigenvalue weighted by molar-refractivity contribution is 8.14. The van der Waals surface area contributed by atoms with E-state index >= 15 is 0 Å². The monoisotopic (exact) mass is 368 g/mol. The number of sulfonamides is 1. The summed E-state index contributed by atoms with van der Waals surface area (Å²) in [6, 6.07) is 13.7. The zero-order chi connectivity index (χ0) is 16.9. The Hall–Kier alpha value is -1.50. The summed E-state index contributed by atoms with van der Waals surface area (Å²) in [6.45, 7) is 3.82. The molecule has 0 aromatic heterocycles. The standard InChI is InChI=1S/C16H17ClN2O2S2/c1-3-22-16(18-15-7-5-4-6-14(15)17)19-23(20,21)13-10-8-12(2)9-11-13/h4-11H,3H2,1-2H3,(H,18,19). The van der Waals surface area contributed by atoms with Crippen molar-refractivity contribution in [3.8, 4) is 0 Å². The van der Waals surface area contributed by atoms with Crippen molar-refractivity contribution in [2.45, 2.75) is 18.7 Å². The number of rotatable bonds is 4. The van der Waals surface area contributed by atoms with Gasteiger partial charge < -0.3 is 5.32 Å². The van der Waals surface area contributed by atoms with E-state index < -0.39 is 10.0 Å². The molecule has 2 aromatic rings. The molecule has 0 unspecified atom stereocenters. The van der Waals surface area contributed by atoms with Gasteiger partial charge in [-0.15, -0.1) is 4.40 Å². The molecule has 1 N–H and O–H groups in total. The smallest absolute Gasteiger partial charge is 0.284 e. The minimum Gasteiger partial charge on any atom is -0.333 e. The van der Waals surface area contributed by atoms with Gasteiger partial charge in [-0.3, -0.25) is 0 Å². The lowest BCUT2D eigenvalue weighted by molar-refractivity contribution is 0.598. The van der Waals surface area contributed by atoms with Crippen LogP contribution in [0.4, 0.5) is 5.69 Å². The van der Waals surface area contributed by atoms with Crippen LogP contribution in [0.5, 0.6) is 0 Å². The molecule has 7 heteroatoms. The molecule has 0 aliphatic carbocycles. The molecule has 0 fully saturated rings. The lowest BCUT2D eigenvalue weighted by Crippen LogP contribution is -2.12. The van der Waals surface area contributed by atoms with Crippen molar-refractivity contribution in [1.82, 2.24) is 0 Å². The van der Waals surface area contributed by atoms with Crippen molar-refractivity contribution in [1.29, 1.82) is 0 Å². The molecule has 0 aliphatic heterocycles. The van der Waals surface area contributed by atoms with Crippen LogP contribution in [-0.4, -0.2) is 19.3 Å². The lowest BCUT2D eigenvalue weighted by Gasteiger charge is -2.10. The molecule has 0 radical (unpaired) electrons. The van der Waals surface area contributed by atoms with Crippen LogP contribution in [0.25, 0.3) is 0 Å². The largest absolute Gasteiger partial charge is 0.333 e. The van der Waals surface area contributed by atoms with Gasteiger partial charge in [-0.2, -0.15) is 8.42 Å². The Kier molecular flexibility index (Phi) is 6.10. The van der Waals surface area contributed by atoms with Crippen molar-refractivity contribution >= 4 is 44.2 Å². The summed E-state index contributed by atoms with van der Waals surface area (Å²) in [6.07, 6.45) is 0. The van der Waals surface area contributed by atoms with Crippen LogP contribution in [-0.2, 0) is 10.0 Å². The van der Waals surface area contributed by atoms with E-state index in [1.165, 1.54) is 11.8 Å². The highest BCUT2D eigenvalue weighted by Gasteiger charge is 2.15. The topological polar surface area (TPSA) is 58.5 Å². The summed E-state index contributed by atoms with van der Waals surface area (Å²) < 4.78 is 28.8. The molecule has 0 saturated heterocycles. The SMILES string of the molecule is CCS/C(=N\S(=O)(=O)c1ccc(C)cc1)Nc1ccccc1Cl. The Morgan fingerprint density at radius 1 is 1.17 bits per heavy atom. The summed E-state index contributed by atoms with van der Waals surface area (Å²) in [5.74, 6) is 0.680. The minimum atomic E-state index is -3.77. The number of thioether (sulfide) groups is 1. The molecule has 0 heterocycles. The van der Waals surface area contributed by atoms with E-state index in [-0.39, 0.29) is 4.90 Å². The van der Waals surface area contributed by atoms with Gasteiger partial charge in [0, 0.05) is 0 Å². The first kappa shape index (κ1) is 17.8. The molecular weight excluding hydrogens is 352 g/mol. The first-order valence-electron chi connectivity index (χ1n) is 6.98. The molecule has 0 bridgehead atoms. The number of amidine groups is 1. The fourth-order valence-corrected chi connectivity index (χ4v) is 3.76. The summed E-state index contributed by atoms with van der Waals surface area (Å²) in [5, 5.41) is 3.78. The normalized spacial score (nSPS) is 12.2. The average molecular weight is 369 g/mol. The maximum atomic E-state index is 12.4. The number of hydrogen-bond acceptors (Lipinski definition) is 3. The van der Waals surface area contributed by atoms with E-state index in [0.29, 0.717) is 21.6 Å². The summed E-state index contributed by atoms with van der Waals surface area (Å²) in [5.41, 5.74) is 1.61. The Bertz CT molecular complexity index is 803. The minimum absolute atomic E-state index is 0.165. The average Bonchev–Trinajstić information content (AvgIpc) is 2.50. The van der Waals surface area contributed by atoms with Gasteiger partial charge in [0.2, 0.25) is 0 Å². The van der Waals surface area contributed by atoms with Crippen LogP contribution in [0.15, 0.2) is 57.8 Å². The van der Waals surface area contributed by atoms with E-state index in [1.807, 2.05) is 19.9 Å². The van der Waals surface area contributed by atoms with E-state index in [0.717, 1.165) is 5.56 Å². The quantitative estimate of drug-likeness (QED) is 0.635. The lowest BCUT2D eigenvalue weighted by atomic mass is 10.2. The van der Waals surface area contributed by atoms with Crippen molar-refractivity contribution in [2.24, 2.45) is 4.40 Å². The van der Waals surface area contributed by atoms with Gasteiger partial charge in [-0.25, -0.2) is 0 Å². The Balaban J connectivity index is 2.34. The third-order valence-electron chi connectivity index (χ3n) is 2.92. The number of para-hydroxylation sites is 1.